The molecule has 0 aliphatic heterocycles. The fourth-order valence-corrected chi connectivity index (χ4v) is 2.62. The van der Waals surface area contributed by atoms with E-state index in [4.69, 9.17) is 9.47 Å². The third-order valence-corrected chi connectivity index (χ3v) is 3.91. The van der Waals surface area contributed by atoms with Crippen LogP contribution in [0.2, 0.25) is 0 Å². The molecule has 2 aromatic rings. The Morgan fingerprint density at radius 3 is 2.68 bits per heavy atom. The summed E-state index contributed by atoms with van der Waals surface area (Å²) in [6.07, 6.45) is 1.50. The Morgan fingerprint density at radius 1 is 1.36 bits per heavy atom. The largest absolute Gasteiger partial charge is 0.494 e. The molecule has 2 N–H and O–H groups in total. The van der Waals surface area contributed by atoms with Crippen molar-refractivity contribution < 1.29 is 23.5 Å². The number of carbonyl (C=O) groups excluding carboxylic acids is 2. The maximum absolute atomic E-state index is 14.0. The molecular weight excluding hydrogens is 395 g/mol. The number of aromatic amines is 1. The summed E-state index contributed by atoms with van der Waals surface area (Å²) in [6, 6.07) is 5.13. The molecule has 0 bridgehead atoms. The van der Waals surface area contributed by atoms with E-state index in [9.17, 15) is 14.0 Å². The Balaban J connectivity index is 2.24. The lowest BCUT2D eigenvalue weighted by Gasteiger charge is -2.19. The van der Waals surface area contributed by atoms with Crippen LogP contribution in [0, 0.1) is 5.82 Å². The second-order valence-electron chi connectivity index (χ2n) is 5.16. The molecule has 0 fully saturated rings. The Labute approximate surface area is 152 Å². The van der Waals surface area contributed by atoms with Crippen LogP contribution in [0.25, 0.3) is 0 Å². The fraction of sp³-hybridized carbons (Fsp3) is 0.294. The molecule has 1 heterocycles. The van der Waals surface area contributed by atoms with Crippen LogP contribution in [-0.2, 0) is 9.53 Å². The van der Waals surface area contributed by atoms with Gasteiger partial charge in [-0.15, -0.1) is 0 Å². The van der Waals surface area contributed by atoms with Gasteiger partial charge in [0, 0.05) is 10.7 Å². The minimum atomic E-state index is -0.742. The molecule has 0 radical (unpaired) electrons. The number of methoxy groups -OCH3 is 1. The lowest BCUT2D eigenvalue weighted by atomic mass is 10.0. The Kier molecular flexibility index (Phi) is 6.58. The molecule has 1 aromatic heterocycles. The summed E-state index contributed by atoms with van der Waals surface area (Å²) >= 11 is 3.25. The van der Waals surface area contributed by atoms with Crippen molar-refractivity contribution in [3.63, 3.8) is 0 Å². The third kappa shape index (κ3) is 5.06. The number of benzene rings is 1. The van der Waals surface area contributed by atoms with E-state index in [1.807, 2.05) is 0 Å². The van der Waals surface area contributed by atoms with E-state index in [0.29, 0.717) is 11.3 Å². The van der Waals surface area contributed by atoms with Crippen molar-refractivity contribution in [3.8, 4) is 5.75 Å². The van der Waals surface area contributed by atoms with Crippen molar-refractivity contribution in [2.75, 3.05) is 13.7 Å². The predicted octanol–water partition coefficient (Wildman–Crippen LogP) is 3.35. The van der Waals surface area contributed by atoms with Gasteiger partial charge in [0.05, 0.1) is 26.2 Å². The van der Waals surface area contributed by atoms with Crippen LogP contribution >= 0.6 is 15.9 Å². The van der Waals surface area contributed by atoms with Crippen molar-refractivity contribution in [1.29, 1.82) is 0 Å². The van der Waals surface area contributed by atoms with Crippen LogP contribution in [0.15, 0.2) is 34.9 Å². The smallest absolute Gasteiger partial charge is 0.308 e. The molecule has 1 aromatic carbocycles. The van der Waals surface area contributed by atoms with Gasteiger partial charge in [-0.3, -0.25) is 9.59 Å². The molecular formula is C17H18BrFN2O4. The van der Waals surface area contributed by atoms with E-state index in [0.717, 1.165) is 4.47 Å². The highest BCUT2D eigenvalue weighted by atomic mass is 79.9. The Hall–Kier alpha value is -2.35. The second kappa shape index (κ2) is 8.66. The monoisotopic (exact) mass is 412 g/mol. The average molecular weight is 413 g/mol. The highest BCUT2D eigenvalue weighted by Gasteiger charge is 2.22. The number of ether oxygens (including phenoxy) is 2. The number of esters is 1. The first kappa shape index (κ1) is 19.0. The van der Waals surface area contributed by atoms with Gasteiger partial charge in [-0.2, -0.15) is 0 Å². The summed E-state index contributed by atoms with van der Waals surface area (Å²) in [5, 5.41) is 2.72. The zero-order valence-corrected chi connectivity index (χ0v) is 15.4. The summed E-state index contributed by atoms with van der Waals surface area (Å²) in [5.41, 5.74) is 0.750. The van der Waals surface area contributed by atoms with Gasteiger partial charge >= 0.3 is 5.97 Å². The Morgan fingerprint density at radius 2 is 2.12 bits per heavy atom. The summed E-state index contributed by atoms with van der Waals surface area (Å²) in [4.78, 5) is 27.0. The topological polar surface area (TPSA) is 80.4 Å². The summed E-state index contributed by atoms with van der Waals surface area (Å²) in [6.45, 7) is 1.91. The zero-order chi connectivity index (χ0) is 18.4. The standard InChI is InChI=1S/C17H18BrFN2O4/c1-3-25-16(22)8-13(10-4-5-15(24-2)12(19)6-10)21-17(23)14-7-11(18)9-20-14/h4-7,9,13,20H,3,8H2,1-2H3,(H,21,23)/t13-/m0/s1. The van der Waals surface area contributed by atoms with Gasteiger partial charge in [0.1, 0.15) is 5.69 Å². The number of carbonyl (C=O) groups is 2. The van der Waals surface area contributed by atoms with E-state index >= 15 is 0 Å². The molecule has 6 nitrogen and oxygen atoms in total. The summed E-state index contributed by atoms with van der Waals surface area (Å²) in [7, 11) is 1.36. The van der Waals surface area contributed by atoms with E-state index in [1.54, 1.807) is 25.3 Å². The number of amides is 1. The van der Waals surface area contributed by atoms with E-state index in [2.05, 4.69) is 26.2 Å². The first-order valence-electron chi connectivity index (χ1n) is 7.58. The van der Waals surface area contributed by atoms with Crippen LogP contribution in [0.4, 0.5) is 4.39 Å². The van der Waals surface area contributed by atoms with Crippen molar-refractivity contribution in [3.05, 3.63) is 52.0 Å². The molecule has 0 spiro atoms. The number of H-pyrrole nitrogens is 1. The molecule has 134 valence electrons. The zero-order valence-electron chi connectivity index (χ0n) is 13.8. The molecule has 0 saturated carbocycles. The van der Waals surface area contributed by atoms with Gasteiger partial charge in [0.25, 0.3) is 5.91 Å². The van der Waals surface area contributed by atoms with E-state index in [-0.39, 0.29) is 18.8 Å². The predicted molar refractivity (Wildman–Crippen MR) is 92.9 cm³/mol. The number of aromatic nitrogens is 1. The van der Waals surface area contributed by atoms with Gasteiger partial charge in [-0.25, -0.2) is 4.39 Å². The molecule has 1 atom stereocenters. The highest BCUT2D eigenvalue weighted by Crippen LogP contribution is 2.24. The minimum absolute atomic E-state index is 0.0817. The number of hydrogen-bond donors (Lipinski definition) is 2. The second-order valence-corrected chi connectivity index (χ2v) is 6.08. The first-order chi connectivity index (χ1) is 11.9. The lowest BCUT2D eigenvalue weighted by Crippen LogP contribution is -2.31. The van der Waals surface area contributed by atoms with Gasteiger partial charge in [0.2, 0.25) is 0 Å². The van der Waals surface area contributed by atoms with Gasteiger partial charge in [-0.1, -0.05) is 6.07 Å². The number of halogens is 2. The minimum Gasteiger partial charge on any atom is -0.494 e. The van der Waals surface area contributed by atoms with Crippen LogP contribution in [-0.4, -0.2) is 30.6 Å². The molecule has 8 heteroatoms. The Bertz CT molecular complexity index is 763. The SMILES string of the molecule is CCOC(=O)C[C@H](NC(=O)c1cc(Br)c[nH]1)c1ccc(OC)c(F)c1. The van der Waals surface area contributed by atoms with Crippen LogP contribution in [0.1, 0.15) is 35.4 Å². The fourth-order valence-electron chi connectivity index (χ4n) is 2.27. The van der Waals surface area contributed by atoms with Gasteiger partial charge in [0.15, 0.2) is 11.6 Å². The van der Waals surface area contributed by atoms with Gasteiger partial charge in [-0.05, 0) is 46.6 Å². The molecule has 0 unspecified atom stereocenters. The van der Waals surface area contributed by atoms with E-state index in [1.165, 1.54) is 19.2 Å². The molecule has 25 heavy (non-hydrogen) atoms. The van der Waals surface area contributed by atoms with E-state index < -0.39 is 23.7 Å². The maximum atomic E-state index is 14.0. The molecule has 0 aliphatic rings. The third-order valence-electron chi connectivity index (χ3n) is 3.45. The lowest BCUT2D eigenvalue weighted by molar-refractivity contribution is -0.143. The van der Waals surface area contributed by atoms with Crippen LogP contribution < -0.4 is 10.1 Å². The van der Waals surface area contributed by atoms with Gasteiger partial charge < -0.3 is 19.8 Å². The maximum Gasteiger partial charge on any atom is 0.308 e. The molecule has 0 saturated heterocycles. The summed E-state index contributed by atoms with van der Waals surface area (Å²) < 4.78 is 24.5. The summed E-state index contributed by atoms with van der Waals surface area (Å²) in [5.74, 6) is -1.41. The van der Waals surface area contributed by atoms with Crippen molar-refractivity contribution in [2.24, 2.45) is 0 Å². The first-order valence-corrected chi connectivity index (χ1v) is 8.37. The van der Waals surface area contributed by atoms with Crippen molar-refractivity contribution in [2.45, 2.75) is 19.4 Å². The molecule has 2 rings (SSSR count). The van der Waals surface area contributed by atoms with Crippen molar-refractivity contribution >= 4 is 27.8 Å². The molecule has 1 amide bonds. The van der Waals surface area contributed by atoms with Crippen LogP contribution in [0.3, 0.4) is 0 Å². The molecule has 0 aliphatic carbocycles. The normalized spacial score (nSPS) is 11.7. The van der Waals surface area contributed by atoms with Crippen molar-refractivity contribution in [1.82, 2.24) is 10.3 Å². The number of nitrogens with one attached hydrogen (secondary N) is 2. The highest BCUT2D eigenvalue weighted by molar-refractivity contribution is 9.10. The van der Waals surface area contributed by atoms with Crippen LogP contribution in [0.5, 0.6) is 5.75 Å². The average Bonchev–Trinajstić information content (AvgIpc) is 3.01. The number of rotatable bonds is 7. The number of hydrogen-bond acceptors (Lipinski definition) is 4. The quantitative estimate of drug-likeness (QED) is 0.683.